The molecular formula is C8H18N2O3S. The second-order valence-electron chi connectivity index (χ2n) is 3.33. The number of rotatable bonds is 5. The zero-order chi connectivity index (χ0) is 10.4. The van der Waals surface area contributed by atoms with Crippen LogP contribution in [0.3, 0.4) is 0 Å². The second kappa shape index (κ2) is 5.65. The van der Waals surface area contributed by atoms with Gasteiger partial charge in [-0.2, -0.15) is 0 Å². The van der Waals surface area contributed by atoms with Gasteiger partial charge in [0, 0.05) is 13.1 Å². The van der Waals surface area contributed by atoms with Gasteiger partial charge in [-0.3, -0.25) is 4.90 Å². The summed E-state index contributed by atoms with van der Waals surface area (Å²) in [5, 5.41) is 0. The number of ether oxygens (including phenoxy) is 1. The molecule has 1 N–H and O–H groups in total. The first-order valence-corrected chi connectivity index (χ1v) is 6.50. The number of hydrogen-bond donors (Lipinski definition) is 1. The Balaban J connectivity index is 2.14. The highest BCUT2D eigenvalue weighted by atomic mass is 32.2. The molecule has 0 radical (unpaired) electrons. The van der Waals surface area contributed by atoms with Crippen molar-refractivity contribution in [3.05, 3.63) is 0 Å². The van der Waals surface area contributed by atoms with Gasteiger partial charge < -0.3 is 4.74 Å². The zero-order valence-electron chi connectivity index (χ0n) is 8.53. The largest absolute Gasteiger partial charge is 0.379 e. The Morgan fingerprint density at radius 1 is 1.36 bits per heavy atom. The average Bonchev–Trinajstić information content (AvgIpc) is 2.19. The summed E-state index contributed by atoms with van der Waals surface area (Å²) in [5.74, 6) is 0.209. The Bertz CT molecular complexity index is 247. The van der Waals surface area contributed by atoms with Crippen LogP contribution in [0.15, 0.2) is 0 Å². The number of morpholine rings is 1. The van der Waals surface area contributed by atoms with E-state index in [0.29, 0.717) is 6.42 Å². The van der Waals surface area contributed by atoms with E-state index in [9.17, 15) is 8.42 Å². The fraction of sp³-hybridized carbons (Fsp3) is 1.00. The minimum absolute atomic E-state index is 0.209. The first-order valence-electron chi connectivity index (χ1n) is 4.85. The molecule has 1 fully saturated rings. The van der Waals surface area contributed by atoms with E-state index >= 15 is 0 Å². The predicted molar refractivity (Wildman–Crippen MR) is 54.7 cm³/mol. The number of nitrogens with one attached hydrogen (secondary N) is 1. The molecule has 0 amide bonds. The van der Waals surface area contributed by atoms with Gasteiger partial charge in [0.2, 0.25) is 10.0 Å². The first-order chi connectivity index (χ1) is 6.64. The van der Waals surface area contributed by atoms with Crippen molar-refractivity contribution < 1.29 is 13.2 Å². The predicted octanol–water partition coefficient (Wildman–Crippen LogP) is -0.742. The minimum atomic E-state index is -3.03. The first kappa shape index (κ1) is 11.9. The van der Waals surface area contributed by atoms with Crippen molar-refractivity contribution in [2.75, 3.05) is 45.6 Å². The van der Waals surface area contributed by atoms with Crippen LogP contribution in [0.1, 0.15) is 6.42 Å². The number of nitrogens with zero attached hydrogens (tertiary/aromatic N) is 1. The summed E-state index contributed by atoms with van der Waals surface area (Å²) in [6, 6.07) is 0. The van der Waals surface area contributed by atoms with Crippen LogP contribution in [0.4, 0.5) is 0 Å². The van der Waals surface area contributed by atoms with E-state index in [2.05, 4.69) is 9.62 Å². The van der Waals surface area contributed by atoms with Crippen LogP contribution in [0.25, 0.3) is 0 Å². The average molecular weight is 222 g/mol. The molecule has 0 atom stereocenters. The van der Waals surface area contributed by atoms with Gasteiger partial charge in [0.1, 0.15) is 0 Å². The number of hydrogen-bond acceptors (Lipinski definition) is 4. The molecule has 1 rings (SSSR count). The van der Waals surface area contributed by atoms with Crippen molar-refractivity contribution in [1.82, 2.24) is 9.62 Å². The molecule has 0 aromatic rings. The molecular weight excluding hydrogens is 204 g/mol. The summed E-state index contributed by atoms with van der Waals surface area (Å²) in [5.41, 5.74) is 0. The molecule has 0 saturated carbocycles. The molecule has 1 heterocycles. The molecule has 6 heteroatoms. The van der Waals surface area contributed by atoms with Crippen LogP contribution in [0, 0.1) is 0 Å². The highest BCUT2D eigenvalue weighted by Crippen LogP contribution is 1.99. The van der Waals surface area contributed by atoms with Crippen LogP contribution >= 0.6 is 0 Å². The lowest BCUT2D eigenvalue weighted by Crippen LogP contribution is -2.37. The van der Waals surface area contributed by atoms with Crippen LogP contribution in [-0.4, -0.2) is 59.0 Å². The Hall–Kier alpha value is -0.170. The Morgan fingerprint density at radius 2 is 2.00 bits per heavy atom. The molecule has 14 heavy (non-hydrogen) atoms. The monoisotopic (exact) mass is 222 g/mol. The van der Waals surface area contributed by atoms with Gasteiger partial charge in [-0.1, -0.05) is 0 Å². The molecule has 0 aliphatic carbocycles. The normalized spacial score (nSPS) is 19.8. The lowest BCUT2D eigenvalue weighted by Gasteiger charge is -2.26. The quantitative estimate of drug-likeness (QED) is 0.665. The van der Waals surface area contributed by atoms with Crippen LogP contribution in [-0.2, 0) is 14.8 Å². The maximum absolute atomic E-state index is 11.1. The van der Waals surface area contributed by atoms with Crippen LogP contribution in [0.2, 0.25) is 0 Å². The molecule has 1 aliphatic rings. The van der Waals surface area contributed by atoms with Gasteiger partial charge in [0.25, 0.3) is 0 Å². The minimum Gasteiger partial charge on any atom is -0.379 e. The van der Waals surface area contributed by atoms with Gasteiger partial charge in [-0.15, -0.1) is 0 Å². The van der Waals surface area contributed by atoms with Gasteiger partial charge in [0.05, 0.1) is 19.0 Å². The van der Waals surface area contributed by atoms with Crippen molar-refractivity contribution in [2.45, 2.75) is 6.42 Å². The molecule has 0 bridgehead atoms. The van der Waals surface area contributed by atoms with E-state index in [-0.39, 0.29) is 5.75 Å². The van der Waals surface area contributed by atoms with Gasteiger partial charge in [-0.25, -0.2) is 13.1 Å². The molecule has 0 aromatic heterocycles. The third kappa shape index (κ3) is 4.36. The summed E-state index contributed by atoms with van der Waals surface area (Å²) >= 11 is 0. The summed E-state index contributed by atoms with van der Waals surface area (Å²) in [6.07, 6.45) is 0.684. The molecule has 1 saturated heterocycles. The van der Waals surface area contributed by atoms with E-state index in [4.69, 9.17) is 4.74 Å². The van der Waals surface area contributed by atoms with Crippen molar-refractivity contribution >= 4 is 10.0 Å². The van der Waals surface area contributed by atoms with Gasteiger partial charge >= 0.3 is 0 Å². The van der Waals surface area contributed by atoms with E-state index < -0.39 is 10.0 Å². The molecule has 0 unspecified atom stereocenters. The fourth-order valence-corrected chi connectivity index (χ4v) is 2.12. The Morgan fingerprint density at radius 3 is 2.57 bits per heavy atom. The Kier molecular flexibility index (Phi) is 4.80. The van der Waals surface area contributed by atoms with Crippen molar-refractivity contribution in [3.63, 3.8) is 0 Å². The van der Waals surface area contributed by atoms with Crippen molar-refractivity contribution in [3.8, 4) is 0 Å². The van der Waals surface area contributed by atoms with Crippen molar-refractivity contribution in [1.29, 1.82) is 0 Å². The fourth-order valence-electron chi connectivity index (χ4n) is 1.41. The maximum Gasteiger partial charge on any atom is 0.211 e. The smallest absolute Gasteiger partial charge is 0.211 e. The van der Waals surface area contributed by atoms with E-state index in [0.717, 1.165) is 32.8 Å². The molecule has 0 aromatic carbocycles. The Labute approximate surface area is 85.5 Å². The third-order valence-electron chi connectivity index (χ3n) is 2.30. The summed E-state index contributed by atoms with van der Waals surface area (Å²) in [4.78, 5) is 2.23. The summed E-state index contributed by atoms with van der Waals surface area (Å²) in [6.45, 7) is 4.20. The molecule has 0 spiro atoms. The van der Waals surface area contributed by atoms with Crippen molar-refractivity contribution in [2.24, 2.45) is 0 Å². The molecule has 1 aliphatic heterocycles. The topological polar surface area (TPSA) is 58.6 Å². The lowest BCUT2D eigenvalue weighted by molar-refractivity contribution is 0.0381. The highest BCUT2D eigenvalue weighted by molar-refractivity contribution is 7.89. The second-order valence-corrected chi connectivity index (χ2v) is 5.38. The SMILES string of the molecule is CNS(=O)(=O)CCCN1CCOCC1. The zero-order valence-corrected chi connectivity index (χ0v) is 9.35. The standard InChI is InChI=1S/C8H18N2O3S/c1-9-14(11,12)8-2-3-10-4-6-13-7-5-10/h9H,2-8H2,1H3. The lowest BCUT2D eigenvalue weighted by atomic mass is 10.4. The molecule has 84 valence electrons. The highest BCUT2D eigenvalue weighted by Gasteiger charge is 2.12. The summed E-state index contributed by atoms with van der Waals surface area (Å²) < 4.78 is 29.7. The van der Waals surface area contributed by atoms with Gasteiger partial charge in [-0.05, 0) is 20.0 Å². The van der Waals surface area contributed by atoms with Crippen LogP contribution in [0.5, 0.6) is 0 Å². The van der Waals surface area contributed by atoms with E-state index in [1.165, 1.54) is 7.05 Å². The third-order valence-corrected chi connectivity index (χ3v) is 3.75. The maximum atomic E-state index is 11.1. The number of sulfonamides is 1. The van der Waals surface area contributed by atoms with E-state index in [1.54, 1.807) is 0 Å². The molecule has 5 nitrogen and oxygen atoms in total. The van der Waals surface area contributed by atoms with Gasteiger partial charge in [0.15, 0.2) is 0 Å². The summed E-state index contributed by atoms with van der Waals surface area (Å²) in [7, 11) is -1.58. The van der Waals surface area contributed by atoms with Crippen LogP contribution < -0.4 is 4.72 Å². The van der Waals surface area contributed by atoms with E-state index in [1.807, 2.05) is 0 Å².